The Labute approximate surface area is 198 Å². The molecule has 0 amide bonds. The van der Waals surface area contributed by atoms with Gasteiger partial charge in [0.25, 0.3) is 0 Å². The molecule has 0 spiro atoms. The number of nitrogens with two attached hydrogens (primary N) is 2. The molecule has 2 nitrogen and oxygen atoms in total. The van der Waals surface area contributed by atoms with Gasteiger partial charge in [-0.2, -0.15) is 0 Å². The normalized spacial score (nSPS) is 11.9. The van der Waals surface area contributed by atoms with Crippen molar-refractivity contribution < 1.29 is 0 Å². The van der Waals surface area contributed by atoms with Crippen LogP contribution >= 0.6 is 0 Å². The molecule has 4 aromatic rings. The van der Waals surface area contributed by atoms with Crippen molar-refractivity contribution in [3.8, 4) is 0 Å². The summed E-state index contributed by atoms with van der Waals surface area (Å²) >= 11 is 0. The summed E-state index contributed by atoms with van der Waals surface area (Å²) in [5, 5.41) is 0. The Morgan fingerprint density at radius 2 is 0.758 bits per heavy atom. The molecule has 0 fully saturated rings. The minimum Gasteiger partial charge on any atom is -0.399 e. The summed E-state index contributed by atoms with van der Waals surface area (Å²) in [5.74, 6) is 0.497. The number of rotatable bonds is 9. The number of aryl methyl sites for hydroxylation is 4. The van der Waals surface area contributed by atoms with Crippen LogP contribution in [0.5, 0.6) is 0 Å². The van der Waals surface area contributed by atoms with Crippen molar-refractivity contribution in [1.82, 2.24) is 0 Å². The van der Waals surface area contributed by atoms with Gasteiger partial charge in [0.15, 0.2) is 0 Å². The molecule has 1 atom stereocenters. The molecule has 1 unspecified atom stereocenters. The molecule has 0 bridgehead atoms. The maximum absolute atomic E-state index is 5.78. The average Bonchev–Trinajstić information content (AvgIpc) is 2.84. The van der Waals surface area contributed by atoms with E-state index in [4.69, 9.17) is 11.5 Å². The van der Waals surface area contributed by atoms with E-state index in [1.54, 1.807) is 0 Å². The summed E-state index contributed by atoms with van der Waals surface area (Å²) in [6.07, 6.45) is 5.25. The van der Waals surface area contributed by atoms with Crippen LogP contribution in [0.25, 0.3) is 0 Å². The molecule has 168 valence electrons. The fourth-order valence-corrected chi connectivity index (χ4v) is 4.27. The van der Waals surface area contributed by atoms with Crippen molar-refractivity contribution in [2.45, 2.75) is 44.9 Å². The molecule has 0 aromatic heterocycles. The third-order valence-corrected chi connectivity index (χ3v) is 6.48. The van der Waals surface area contributed by atoms with E-state index in [9.17, 15) is 0 Å². The molecule has 0 saturated carbocycles. The fraction of sp³-hybridized carbons (Fsp3) is 0.226. The topological polar surface area (TPSA) is 52.0 Å². The highest BCUT2D eigenvalue weighted by Crippen LogP contribution is 2.22. The van der Waals surface area contributed by atoms with Crippen LogP contribution in [0.15, 0.2) is 97.1 Å². The molecule has 4 N–H and O–H groups in total. The van der Waals surface area contributed by atoms with E-state index in [1.807, 2.05) is 24.3 Å². The van der Waals surface area contributed by atoms with Crippen LogP contribution in [0, 0.1) is 0 Å². The first-order valence-corrected chi connectivity index (χ1v) is 11.9. The van der Waals surface area contributed by atoms with Gasteiger partial charge in [-0.05, 0) is 95.7 Å². The number of hydrogen-bond acceptors (Lipinski definition) is 2. The van der Waals surface area contributed by atoms with Gasteiger partial charge in [-0.25, -0.2) is 0 Å². The van der Waals surface area contributed by atoms with Crippen LogP contribution < -0.4 is 11.5 Å². The second-order valence-corrected chi connectivity index (χ2v) is 9.15. The van der Waals surface area contributed by atoms with Gasteiger partial charge in [-0.1, -0.05) is 79.7 Å². The lowest BCUT2D eigenvalue weighted by atomic mass is 9.92. The molecule has 0 heterocycles. The van der Waals surface area contributed by atoms with Crippen molar-refractivity contribution in [3.63, 3.8) is 0 Å². The van der Waals surface area contributed by atoms with Crippen LogP contribution in [0.3, 0.4) is 0 Å². The van der Waals surface area contributed by atoms with Crippen LogP contribution in [0.4, 0.5) is 11.4 Å². The number of nitrogen functional groups attached to an aromatic ring is 2. The van der Waals surface area contributed by atoms with Crippen molar-refractivity contribution in [2.24, 2.45) is 0 Å². The highest BCUT2D eigenvalue weighted by Gasteiger charge is 2.08. The molecule has 0 aliphatic heterocycles. The van der Waals surface area contributed by atoms with Crippen LogP contribution in [0.2, 0.25) is 0 Å². The molecule has 0 aliphatic carbocycles. The van der Waals surface area contributed by atoms with Gasteiger partial charge in [0.05, 0.1) is 0 Å². The maximum atomic E-state index is 5.78. The predicted molar refractivity (Wildman–Crippen MR) is 142 cm³/mol. The highest BCUT2D eigenvalue weighted by atomic mass is 14.5. The van der Waals surface area contributed by atoms with Crippen LogP contribution in [-0.4, -0.2) is 0 Å². The number of anilines is 2. The zero-order valence-corrected chi connectivity index (χ0v) is 19.5. The minimum atomic E-state index is 0.497. The van der Waals surface area contributed by atoms with E-state index in [-0.39, 0.29) is 0 Å². The molecule has 0 aliphatic rings. The Kier molecular flexibility index (Phi) is 7.47. The third-order valence-electron chi connectivity index (χ3n) is 6.48. The maximum Gasteiger partial charge on any atom is 0.0314 e. The van der Waals surface area contributed by atoms with Gasteiger partial charge in [-0.3, -0.25) is 0 Å². The Hall–Kier alpha value is -3.52. The van der Waals surface area contributed by atoms with Gasteiger partial charge in [0.2, 0.25) is 0 Å². The molecular weight excluding hydrogens is 400 g/mol. The van der Waals surface area contributed by atoms with E-state index in [2.05, 4.69) is 79.7 Å². The smallest absolute Gasteiger partial charge is 0.0314 e. The zero-order valence-electron chi connectivity index (χ0n) is 19.5. The van der Waals surface area contributed by atoms with Crippen LogP contribution in [-0.2, 0) is 32.1 Å². The number of benzene rings is 4. The summed E-state index contributed by atoms with van der Waals surface area (Å²) in [6, 6.07) is 34.7. The molecule has 33 heavy (non-hydrogen) atoms. The lowest BCUT2D eigenvalue weighted by Crippen LogP contribution is -2.00. The molecule has 2 heteroatoms. The van der Waals surface area contributed by atoms with Gasteiger partial charge in [0.1, 0.15) is 0 Å². The van der Waals surface area contributed by atoms with Crippen molar-refractivity contribution in [1.29, 1.82) is 0 Å². The Morgan fingerprint density at radius 3 is 1.15 bits per heavy atom. The van der Waals surface area contributed by atoms with Crippen molar-refractivity contribution in [3.05, 3.63) is 130 Å². The Balaban J connectivity index is 1.27. The van der Waals surface area contributed by atoms with E-state index in [0.717, 1.165) is 43.5 Å². The lowest BCUT2D eigenvalue weighted by Gasteiger charge is -2.13. The van der Waals surface area contributed by atoms with Crippen molar-refractivity contribution >= 4 is 11.4 Å². The first-order chi connectivity index (χ1) is 16.0. The fourth-order valence-electron chi connectivity index (χ4n) is 4.27. The van der Waals surface area contributed by atoms with E-state index in [1.165, 1.54) is 33.4 Å². The summed E-state index contributed by atoms with van der Waals surface area (Å²) < 4.78 is 0. The Bertz CT molecular complexity index is 1130. The average molecular weight is 435 g/mol. The van der Waals surface area contributed by atoms with E-state index in [0.29, 0.717) is 5.92 Å². The van der Waals surface area contributed by atoms with E-state index >= 15 is 0 Å². The summed E-state index contributed by atoms with van der Waals surface area (Å²) in [6.45, 7) is 2.32. The molecule has 0 radical (unpaired) electrons. The zero-order chi connectivity index (χ0) is 23.0. The van der Waals surface area contributed by atoms with Gasteiger partial charge < -0.3 is 11.5 Å². The lowest BCUT2D eigenvalue weighted by molar-refractivity contribution is 0.757. The van der Waals surface area contributed by atoms with Crippen molar-refractivity contribution in [2.75, 3.05) is 11.5 Å². The molecule has 4 aromatic carbocycles. The second kappa shape index (κ2) is 10.9. The molecular formula is C31H34N2. The van der Waals surface area contributed by atoms with E-state index < -0.39 is 0 Å². The largest absolute Gasteiger partial charge is 0.399 e. The monoisotopic (exact) mass is 434 g/mol. The first-order valence-electron chi connectivity index (χ1n) is 11.9. The van der Waals surface area contributed by atoms with Gasteiger partial charge in [-0.15, -0.1) is 0 Å². The highest BCUT2D eigenvalue weighted by molar-refractivity contribution is 5.40. The van der Waals surface area contributed by atoms with Crippen LogP contribution in [0.1, 0.15) is 46.2 Å². The molecule has 4 rings (SSSR count). The first kappa shape index (κ1) is 22.7. The Morgan fingerprint density at radius 1 is 0.455 bits per heavy atom. The number of hydrogen-bond donors (Lipinski definition) is 2. The van der Waals surface area contributed by atoms with Gasteiger partial charge >= 0.3 is 0 Å². The molecule has 0 saturated heterocycles. The quantitative estimate of drug-likeness (QED) is 0.286. The summed E-state index contributed by atoms with van der Waals surface area (Å²) in [5.41, 5.74) is 21.4. The second-order valence-electron chi connectivity index (χ2n) is 9.15. The minimum absolute atomic E-state index is 0.497. The summed E-state index contributed by atoms with van der Waals surface area (Å²) in [7, 11) is 0. The predicted octanol–water partition coefficient (Wildman–Crippen LogP) is 6.77. The standard InChI is InChI=1S/C31H34N2/c1-23(29-16-10-25(11-17-29)3-5-27-14-20-31(33)21-15-27)22-28-8-6-24(7-9-28)2-4-26-12-18-30(32)19-13-26/h6-21,23H,2-5,22,32-33H2,1H3. The SMILES string of the molecule is CC(Cc1ccc(CCc2ccc(N)cc2)cc1)c1ccc(CCc2ccc(N)cc2)cc1. The van der Waals surface area contributed by atoms with Gasteiger partial charge in [0, 0.05) is 11.4 Å². The third kappa shape index (κ3) is 6.73. The summed E-state index contributed by atoms with van der Waals surface area (Å²) in [4.78, 5) is 0.